The van der Waals surface area contributed by atoms with Crippen LogP contribution in [0.1, 0.15) is 32.1 Å². The van der Waals surface area contributed by atoms with Crippen molar-refractivity contribution >= 4 is 29.2 Å². The second kappa shape index (κ2) is 4.53. The normalized spacial score (nSPS) is 21.8. The summed E-state index contributed by atoms with van der Waals surface area (Å²) in [6.07, 6.45) is 4.28. The van der Waals surface area contributed by atoms with E-state index in [1.807, 2.05) is 0 Å². The average Bonchev–Trinajstić information content (AvgIpc) is 2.78. The number of imide groups is 1. The summed E-state index contributed by atoms with van der Waals surface area (Å²) < 4.78 is 0. The molecule has 0 atom stereocenters. The van der Waals surface area contributed by atoms with Gasteiger partial charge >= 0.3 is 6.03 Å². The zero-order valence-corrected chi connectivity index (χ0v) is 11.2. The van der Waals surface area contributed by atoms with Gasteiger partial charge in [-0.1, -0.05) is 36.6 Å². The lowest BCUT2D eigenvalue weighted by molar-refractivity contribution is -0.120. The van der Waals surface area contributed by atoms with E-state index in [1.165, 1.54) is 0 Å². The Hall–Kier alpha value is -1.55. The summed E-state index contributed by atoms with van der Waals surface area (Å²) in [6.45, 7) is 0. The Morgan fingerprint density at radius 1 is 1.16 bits per heavy atom. The first kappa shape index (κ1) is 12.5. The van der Waals surface area contributed by atoms with Crippen molar-refractivity contribution in [3.63, 3.8) is 0 Å². The summed E-state index contributed by atoms with van der Waals surface area (Å²) in [7, 11) is 0. The maximum Gasteiger partial charge on any atom is 0.329 e. The monoisotopic (exact) mass is 278 g/mol. The SMILES string of the molecule is O=C1CC2(CCCC2)NC(=O)N1c1ccccc1Cl. The zero-order valence-electron chi connectivity index (χ0n) is 10.5. The minimum Gasteiger partial charge on any atom is -0.331 e. The van der Waals surface area contributed by atoms with Gasteiger partial charge in [-0.25, -0.2) is 9.69 Å². The van der Waals surface area contributed by atoms with E-state index in [1.54, 1.807) is 24.3 Å². The number of benzene rings is 1. The molecule has 1 aliphatic carbocycles. The van der Waals surface area contributed by atoms with Crippen LogP contribution in [0.5, 0.6) is 0 Å². The van der Waals surface area contributed by atoms with Crippen molar-refractivity contribution in [1.29, 1.82) is 0 Å². The van der Waals surface area contributed by atoms with Gasteiger partial charge in [-0.05, 0) is 25.0 Å². The smallest absolute Gasteiger partial charge is 0.329 e. The fourth-order valence-electron chi connectivity index (χ4n) is 3.04. The van der Waals surface area contributed by atoms with E-state index in [9.17, 15) is 9.59 Å². The number of carbonyl (C=O) groups is 2. The van der Waals surface area contributed by atoms with Crippen molar-refractivity contribution in [3.8, 4) is 0 Å². The van der Waals surface area contributed by atoms with Crippen molar-refractivity contribution in [2.75, 3.05) is 4.90 Å². The van der Waals surface area contributed by atoms with Crippen LogP contribution >= 0.6 is 11.6 Å². The number of halogens is 1. The topological polar surface area (TPSA) is 49.4 Å². The van der Waals surface area contributed by atoms with E-state index >= 15 is 0 Å². The first-order valence-corrected chi connectivity index (χ1v) is 6.89. The molecular formula is C14H15ClN2O2. The highest BCUT2D eigenvalue weighted by Crippen LogP contribution is 2.37. The molecule has 1 heterocycles. The van der Waals surface area contributed by atoms with Gasteiger partial charge in [-0.15, -0.1) is 0 Å². The minimum atomic E-state index is -0.355. The highest BCUT2D eigenvalue weighted by molar-refractivity contribution is 6.35. The number of rotatable bonds is 1. The summed E-state index contributed by atoms with van der Waals surface area (Å²) in [6, 6.07) is 6.55. The number of urea groups is 1. The number of anilines is 1. The third kappa shape index (κ3) is 2.10. The van der Waals surface area contributed by atoms with Gasteiger partial charge in [0.2, 0.25) is 5.91 Å². The molecule has 1 aliphatic heterocycles. The van der Waals surface area contributed by atoms with Gasteiger partial charge in [0, 0.05) is 0 Å². The van der Waals surface area contributed by atoms with E-state index < -0.39 is 0 Å². The molecule has 0 bridgehead atoms. The first-order chi connectivity index (χ1) is 9.11. The van der Waals surface area contributed by atoms with Crippen LogP contribution in [0.15, 0.2) is 24.3 Å². The van der Waals surface area contributed by atoms with E-state index in [-0.39, 0.29) is 17.5 Å². The standard InChI is InChI=1S/C14H15ClN2O2/c15-10-5-1-2-6-11(10)17-12(18)9-14(16-13(17)19)7-3-4-8-14/h1-2,5-6H,3-4,7-9H2,(H,16,19). The summed E-state index contributed by atoms with van der Waals surface area (Å²) in [5.74, 6) is -0.168. The molecule has 2 aliphatic rings. The van der Waals surface area contributed by atoms with Gasteiger partial charge in [0.1, 0.15) is 0 Å². The lowest BCUT2D eigenvalue weighted by Crippen LogP contribution is -2.61. The lowest BCUT2D eigenvalue weighted by atomic mass is 9.90. The van der Waals surface area contributed by atoms with E-state index in [0.29, 0.717) is 17.1 Å². The van der Waals surface area contributed by atoms with Crippen molar-refractivity contribution < 1.29 is 9.59 Å². The summed E-state index contributed by atoms with van der Waals surface area (Å²) in [4.78, 5) is 25.7. The number of nitrogens with zero attached hydrogens (tertiary/aromatic N) is 1. The molecule has 2 fully saturated rings. The number of amides is 3. The maximum absolute atomic E-state index is 12.3. The highest BCUT2D eigenvalue weighted by Gasteiger charge is 2.45. The molecule has 1 saturated carbocycles. The molecule has 1 N–H and O–H groups in total. The Balaban J connectivity index is 1.91. The minimum absolute atomic E-state index is 0.168. The number of nitrogens with one attached hydrogen (secondary N) is 1. The fourth-order valence-corrected chi connectivity index (χ4v) is 3.26. The van der Waals surface area contributed by atoms with Crippen LogP contribution in [-0.2, 0) is 4.79 Å². The second-order valence-corrected chi connectivity index (χ2v) is 5.68. The molecule has 0 unspecified atom stereocenters. The number of hydrogen-bond donors (Lipinski definition) is 1. The molecule has 0 radical (unpaired) electrons. The summed E-state index contributed by atoms with van der Waals surface area (Å²) in [5, 5.41) is 3.42. The van der Waals surface area contributed by atoms with Crippen LogP contribution in [0.2, 0.25) is 5.02 Å². The molecular weight excluding hydrogens is 264 g/mol. The van der Waals surface area contributed by atoms with Gasteiger partial charge in [-0.2, -0.15) is 0 Å². The van der Waals surface area contributed by atoms with Crippen molar-refractivity contribution in [2.24, 2.45) is 0 Å². The van der Waals surface area contributed by atoms with Crippen molar-refractivity contribution in [1.82, 2.24) is 5.32 Å². The maximum atomic E-state index is 12.3. The van der Waals surface area contributed by atoms with Crippen LogP contribution in [-0.4, -0.2) is 17.5 Å². The first-order valence-electron chi connectivity index (χ1n) is 6.51. The van der Waals surface area contributed by atoms with E-state index in [0.717, 1.165) is 30.6 Å². The Labute approximate surface area is 116 Å². The van der Waals surface area contributed by atoms with E-state index in [2.05, 4.69) is 5.32 Å². The lowest BCUT2D eigenvalue weighted by Gasteiger charge is -2.38. The van der Waals surface area contributed by atoms with Gasteiger partial charge in [0.25, 0.3) is 0 Å². The molecule has 1 aromatic rings. The van der Waals surface area contributed by atoms with Crippen LogP contribution in [0.3, 0.4) is 0 Å². The largest absolute Gasteiger partial charge is 0.331 e. The Bertz CT molecular complexity index is 518. The Morgan fingerprint density at radius 3 is 2.47 bits per heavy atom. The van der Waals surface area contributed by atoms with Crippen molar-refractivity contribution in [3.05, 3.63) is 29.3 Å². The third-order valence-electron chi connectivity index (χ3n) is 3.97. The number of para-hydroxylation sites is 1. The molecule has 3 amide bonds. The van der Waals surface area contributed by atoms with Gasteiger partial charge in [-0.3, -0.25) is 4.79 Å². The summed E-state index contributed by atoms with van der Waals surface area (Å²) in [5.41, 5.74) is 0.144. The molecule has 1 spiro atoms. The zero-order chi connectivity index (χ0) is 13.5. The second-order valence-electron chi connectivity index (χ2n) is 5.27. The third-order valence-corrected chi connectivity index (χ3v) is 4.29. The molecule has 19 heavy (non-hydrogen) atoms. The predicted molar refractivity (Wildman–Crippen MR) is 73.3 cm³/mol. The van der Waals surface area contributed by atoms with Gasteiger partial charge < -0.3 is 5.32 Å². The predicted octanol–water partition coefficient (Wildman–Crippen LogP) is 3.10. The average molecular weight is 279 g/mol. The van der Waals surface area contributed by atoms with Crippen LogP contribution in [0, 0.1) is 0 Å². The summed E-state index contributed by atoms with van der Waals surface area (Å²) >= 11 is 6.07. The fraction of sp³-hybridized carbons (Fsp3) is 0.429. The molecule has 100 valence electrons. The Kier molecular flexibility index (Phi) is 2.97. The van der Waals surface area contributed by atoms with Crippen LogP contribution in [0.4, 0.5) is 10.5 Å². The van der Waals surface area contributed by atoms with Gasteiger partial charge in [0.15, 0.2) is 0 Å². The van der Waals surface area contributed by atoms with Crippen molar-refractivity contribution in [2.45, 2.75) is 37.6 Å². The van der Waals surface area contributed by atoms with E-state index in [4.69, 9.17) is 11.6 Å². The van der Waals surface area contributed by atoms with Crippen LogP contribution in [0.25, 0.3) is 0 Å². The molecule has 0 aromatic heterocycles. The van der Waals surface area contributed by atoms with Gasteiger partial charge in [0.05, 0.1) is 22.7 Å². The van der Waals surface area contributed by atoms with Crippen LogP contribution < -0.4 is 10.2 Å². The molecule has 5 heteroatoms. The Morgan fingerprint density at radius 2 is 1.84 bits per heavy atom. The number of hydrogen-bond acceptors (Lipinski definition) is 2. The molecule has 4 nitrogen and oxygen atoms in total. The molecule has 1 saturated heterocycles. The number of carbonyl (C=O) groups excluding carboxylic acids is 2. The molecule has 3 rings (SSSR count). The highest BCUT2D eigenvalue weighted by atomic mass is 35.5. The molecule has 1 aromatic carbocycles. The quantitative estimate of drug-likeness (QED) is 0.858.